The van der Waals surface area contributed by atoms with Crippen molar-refractivity contribution in [2.75, 3.05) is 0 Å². The Morgan fingerprint density at radius 1 is 1.06 bits per heavy atom. The summed E-state index contributed by atoms with van der Waals surface area (Å²) >= 11 is 0. The SMILES string of the molecule is CC1=C(c2cc(C(O)(c3ccccn3)c3ccc4ccc(F)cc4n3)c3[nH]c(=O)[nH]c3c2)C(C)NO1. The summed E-state index contributed by atoms with van der Waals surface area (Å²) in [6.07, 6.45) is 1.57. The van der Waals surface area contributed by atoms with Crippen molar-refractivity contribution in [1.82, 2.24) is 25.4 Å². The number of hydrogen-bond acceptors (Lipinski definition) is 6. The minimum atomic E-state index is -1.88. The van der Waals surface area contributed by atoms with E-state index < -0.39 is 17.1 Å². The highest BCUT2D eigenvalue weighted by atomic mass is 19.1. The van der Waals surface area contributed by atoms with Gasteiger partial charge in [-0.3, -0.25) is 4.98 Å². The van der Waals surface area contributed by atoms with Crippen molar-refractivity contribution in [3.63, 3.8) is 0 Å². The van der Waals surface area contributed by atoms with Crippen molar-refractivity contribution in [2.24, 2.45) is 0 Å². The van der Waals surface area contributed by atoms with Crippen molar-refractivity contribution in [1.29, 1.82) is 0 Å². The minimum absolute atomic E-state index is 0.120. The van der Waals surface area contributed by atoms with Crippen LogP contribution in [0.2, 0.25) is 0 Å². The van der Waals surface area contributed by atoms with Gasteiger partial charge in [0.25, 0.3) is 0 Å². The van der Waals surface area contributed by atoms with Crippen LogP contribution in [0.4, 0.5) is 4.39 Å². The maximum atomic E-state index is 14.0. The summed E-state index contributed by atoms with van der Waals surface area (Å²) in [4.78, 5) is 32.7. The van der Waals surface area contributed by atoms with Crippen LogP contribution in [-0.4, -0.2) is 31.1 Å². The molecule has 0 amide bonds. The van der Waals surface area contributed by atoms with Crippen molar-refractivity contribution in [3.8, 4) is 0 Å². The van der Waals surface area contributed by atoms with Gasteiger partial charge in [-0.1, -0.05) is 12.1 Å². The molecule has 1 aliphatic rings. The fraction of sp³-hybridized carbons (Fsp3) is 0.148. The van der Waals surface area contributed by atoms with Crippen molar-refractivity contribution in [3.05, 3.63) is 111 Å². The highest BCUT2D eigenvalue weighted by molar-refractivity contribution is 5.87. The fourth-order valence-electron chi connectivity index (χ4n) is 4.91. The van der Waals surface area contributed by atoms with E-state index >= 15 is 0 Å². The molecule has 1 aliphatic heterocycles. The lowest BCUT2D eigenvalue weighted by atomic mass is 9.83. The van der Waals surface area contributed by atoms with Crippen molar-refractivity contribution >= 4 is 27.5 Å². The van der Waals surface area contributed by atoms with E-state index in [9.17, 15) is 14.3 Å². The summed E-state index contributed by atoms with van der Waals surface area (Å²) in [5.74, 6) is 0.254. The molecule has 8 nitrogen and oxygen atoms in total. The van der Waals surface area contributed by atoms with Crippen molar-refractivity contribution in [2.45, 2.75) is 25.5 Å². The lowest BCUT2D eigenvalue weighted by Gasteiger charge is -2.29. The summed E-state index contributed by atoms with van der Waals surface area (Å²) < 4.78 is 14.0. The van der Waals surface area contributed by atoms with Crippen LogP contribution in [0.5, 0.6) is 0 Å². The predicted molar refractivity (Wildman–Crippen MR) is 133 cm³/mol. The molecule has 0 fully saturated rings. The largest absolute Gasteiger partial charge is 0.413 e. The zero-order valence-corrected chi connectivity index (χ0v) is 19.5. The molecule has 2 aromatic carbocycles. The van der Waals surface area contributed by atoms with Gasteiger partial charge in [-0.05, 0) is 61.9 Å². The molecule has 9 heteroatoms. The first-order valence-electron chi connectivity index (χ1n) is 11.5. The van der Waals surface area contributed by atoms with Gasteiger partial charge in [0, 0.05) is 28.8 Å². The fourth-order valence-corrected chi connectivity index (χ4v) is 4.91. The number of hydroxylamine groups is 1. The molecule has 2 atom stereocenters. The molecule has 180 valence electrons. The summed E-state index contributed by atoms with van der Waals surface area (Å²) in [6, 6.07) is 16.5. The van der Waals surface area contributed by atoms with Crippen LogP contribution >= 0.6 is 0 Å². The molecule has 0 saturated heterocycles. The Balaban J connectivity index is 1.70. The number of halogens is 1. The van der Waals surface area contributed by atoms with Crippen LogP contribution < -0.4 is 11.2 Å². The molecular formula is C27H22FN5O3. The Labute approximate surface area is 204 Å². The van der Waals surface area contributed by atoms with Gasteiger partial charge in [-0.2, -0.15) is 0 Å². The smallest absolute Gasteiger partial charge is 0.323 e. The van der Waals surface area contributed by atoms with E-state index in [1.807, 2.05) is 26.0 Å². The number of imidazole rings is 1. The molecule has 0 spiro atoms. The molecule has 0 radical (unpaired) electrons. The standard InChI is InChI=1S/C27H22FN5O3/c1-14-24(15(2)36-33-14)17-11-19(25-21(12-17)31-26(34)32-25)27(35,22-5-3-4-10-29-22)23-9-7-16-6-8-18(28)13-20(16)30-23/h3-14,33,35H,1-2H3,(H2,31,32,34). The zero-order chi connectivity index (χ0) is 25.0. The van der Waals surface area contributed by atoms with Crippen LogP contribution in [0, 0.1) is 5.82 Å². The van der Waals surface area contributed by atoms with Crippen LogP contribution in [0.25, 0.3) is 27.5 Å². The monoisotopic (exact) mass is 483 g/mol. The van der Waals surface area contributed by atoms with E-state index in [1.54, 1.807) is 42.6 Å². The number of benzene rings is 2. The molecule has 3 aromatic heterocycles. The van der Waals surface area contributed by atoms with E-state index in [0.29, 0.717) is 33.6 Å². The number of aromatic amines is 2. The lowest BCUT2D eigenvalue weighted by Crippen LogP contribution is -2.32. The van der Waals surface area contributed by atoms with Crippen LogP contribution in [0.15, 0.2) is 77.4 Å². The van der Waals surface area contributed by atoms with Gasteiger partial charge in [-0.15, -0.1) is 5.48 Å². The molecule has 0 saturated carbocycles. The second-order valence-electron chi connectivity index (χ2n) is 8.90. The topological polar surface area (TPSA) is 116 Å². The van der Waals surface area contributed by atoms with Gasteiger partial charge >= 0.3 is 5.69 Å². The van der Waals surface area contributed by atoms with Gasteiger partial charge in [-0.25, -0.2) is 14.2 Å². The first-order valence-corrected chi connectivity index (χ1v) is 11.5. The van der Waals surface area contributed by atoms with E-state index in [2.05, 4.69) is 25.4 Å². The van der Waals surface area contributed by atoms with E-state index in [1.165, 1.54) is 12.1 Å². The van der Waals surface area contributed by atoms with Gasteiger partial charge in [0.1, 0.15) is 11.6 Å². The normalized spacial score (nSPS) is 17.5. The average Bonchev–Trinajstić information content (AvgIpc) is 3.42. The number of aliphatic hydroxyl groups is 1. The molecule has 4 heterocycles. The third-order valence-electron chi connectivity index (χ3n) is 6.59. The number of hydrogen-bond donors (Lipinski definition) is 4. The maximum absolute atomic E-state index is 14.0. The second-order valence-corrected chi connectivity index (χ2v) is 8.90. The third-order valence-corrected chi connectivity index (χ3v) is 6.59. The van der Waals surface area contributed by atoms with Crippen LogP contribution in [-0.2, 0) is 10.4 Å². The number of H-pyrrole nitrogens is 2. The van der Waals surface area contributed by atoms with Gasteiger partial charge < -0.3 is 19.9 Å². The number of rotatable bonds is 4. The lowest BCUT2D eigenvalue weighted by molar-refractivity contribution is 0.118. The molecule has 6 rings (SSSR count). The van der Waals surface area contributed by atoms with E-state index in [4.69, 9.17) is 4.84 Å². The molecule has 5 aromatic rings. The van der Waals surface area contributed by atoms with Crippen LogP contribution in [0.3, 0.4) is 0 Å². The number of fused-ring (bicyclic) bond motifs is 2. The molecular weight excluding hydrogens is 461 g/mol. The predicted octanol–water partition coefficient (Wildman–Crippen LogP) is 3.88. The van der Waals surface area contributed by atoms with Crippen LogP contribution in [0.1, 0.15) is 36.4 Å². The highest BCUT2D eigenvalue weighted by Gasteiger charge is 2.40. The zero-order valence-electron chi connectivity index (χ0n) is 19.5. The summed E-state index contributed by atoms with van der Waals surface area (Å²) in [5, 5.41) is 13.3. The highest BCUT2D eigenvalue weighted by Crippen LogP contribution is 2.40. The Bertz CT molecular complexity index is 1730. The number of nitrogens with zero attached hydrogens (tertiary/aromatic N) is 2. The third kappa shape index (κ3) is 3.40. The Hall–Kier alpha value is -4.34. The molecule has 36 heavy (non-hydrogen) atoms. The Kier molecular flexibility index (Phi) is 4.99. The van der Waals surface area contributed by atoms with Gasteiger partial charge in [0.05, 0.1) is 34.0 Å². The first-order chi connectivity index (χ1) is 17.3. The van der Waals surface area contributed by atoms with Crippen molar-refractivity contribution < 1.29 is 14.3 Å². The molecule has 0 bridgehead atoms. The minimum Gasteiger partial charge on any atom is -0.413 e. The van der Waals surface area contributed by atoms with E-state index in [0.717, 1.165) is 16.5 Å². The number of pyridine rings is 2. The summed E-state index contributed by atoms with van der Waals surface area (Å²) in [6.45, 7) is 3.81. The quantitative estimate of drug-likeness (QED) is 0.308. The number of allylic oxidation sites excluding steroid dienone is 1. The molecule has 4 N–H and O–H groups in total. The number of nitrogens with one attached hydrogen (secondary N) is 3. The second kappa shape index (κ2) is 8.11. The molecule has 0 aliphatic carbocycles. The average molecular weight is 484 g/mol. The Morgan fingerprint density at radius 3 is 2.64 bits per heavy atom. The first kappa shape index (κ1) is 22.1. The summed E-state index contributed by atoms with van der Waals surface area (Å²) in [5.41, 5.74) is 4.49. The summed E-state index contributed by atoms with van der Waals surface area (Å²) in [7, 11) is 0. The maximum Gasteiger partial charge on any atom is 0.323 e. The Morgan fingerprint density at radius 2 is 1.89 bits per heavy atom. The van der Waals surface area contributed by atoms with E-state index in [-0.39, 0.29) is 11.7 Å². The van der Waals surface area contributed by atoms with Gasteiger partial charge in [0.15, 0.2) is 5.60 Å². The number of aromatic nitrogens is 4. The van der Waals surface area contributed by atoms with Gasteiger partial charge in [0.2, 0.25) is 0 Å². The molecule has 2 unspecified atom stereocenters.